The third kappa shape index (κ3) is 5.74. The molecule has 1 aromatic carbocycles. The maximum Gasteiger partial charge on any atom is 0.191 e. The van der Waals surface area contributed by atoms with Crippen LogP contribution < -0.4 is 20.4 Å². The number of anilines is 2. The van der Waals surface area contributed by atoms with Gasteiger partial charge in [-0.2, -0.15) is 0 Å². The second-order valence-corrected chi connectivity index (χ2v) is 8.57. The minimum absolute atomic E-state index is 0.612. The highest BCUT2D eigenvalue weighted by Crippen LogP contribution is 2.28. The Morgan fingerprint density at radius 2 is 1.93 bits per heavy atom. The molecular formula is C20H30ClN7S. The van der Waals surface area contributed by atoms with Crippen molar-refractivity contribution in [3.8, 4) is 0 Å². The standard InChI is InChI=1S/C20H30ClN7S/c1-22-19(23-12-15-14-29-20(25-15)26(2)3)24-13-16-17(21)6-5-7-18(16)28-10-8-27(4)9-11-28/h5-7,14H,8-13H2,1-4H3,(H2,22,23,24). The highest BCUT2D eigenvalue weighted by molar-refractivity contribution is 7.13. The molecule has 2 aromatic rings. The molecule has 0 radical (unpaired) electrons. The van der Waals surface area contributed by atoms with Crippen LogP contribution in [0.15, 0.2) is 28.6 Å². The van der Waals surface area contributed by atoms with Gasteiger partial charge in [0, 0.05) is 75.5 Å². The van der Waals surface area contributed by atoms with Gasteiger partial charge in [0.25, 0.3) is 0 Å². The maximum atomic E-state index is 6.56. The van der Waals surface area contributed by atoms with Gasteiger partial charge >= 0.3 is 0 Å². The molecule has 158 valence electrons. The van der Waals surface area contributed by atoms with Gasteiger partial charge in [-0.25, -0.2) is 4.98 Å². The summed E-state index contributed by atoms with van der Waals surface area (Å²) in [6, 6.07) is 6.13. The Kier molecular flexibility index (Phi) is 7.57. The summed E-state index contributed by atoms with van der Waals surface area (Å²) in [5.41, 5.74) is 3.30. The molecule has 0 bridgehead atoms. The third-order valence-electron chi connectivity index (χ3n) is 4.95. The number of benzene rings is 1. The quantitative estimate of drug-likeness (QED) is 0.537. The van der Waals surface area contributed by atoms with Crippen LogP contribution >= 0.6 is 22.9 Å². The van der Waals surface area contributed by atoms with E-state index in [1.807, 2.05) is 31.1 Å². The minimum atomic E-state index is 0.612. The lowest BCUT2D eigenvalue weighted by Gasteiger charge is -2.35. The summed E-state index contributed by atoms with van der Waals surface area (Å²) in [7, 11) is 7.93. The van der Waals surface area contributed by atoms with Crippen molar-refractivity contribution in [2.45, 2.75) is 13.1 Å². The normalized spacial score (nSPS) is 15.5. The van der Waals surface area contributed by atoms with E-state index in [1.54, 1.807) is 18.4 Å². The molecule has 0 atom stereocenters. The Labute approximate surface area is 182 Å². The fraction of sp³-hybridized carbons (Fsp3) is 0.500. The summed E-state index contributed by atoms with van der Waals surface area (Å²) in [6.45, 7) is 5.37. The van der Waals surface area contributed by atoms with E-state index in [-0.39, 0.29) is 0 Å². The molecular weight excluding hydrogens is 406 g/mol. The number of likely N-dealkylation sites (N-methyl/N-ethyl adjacent to an activating group) is 1. The van der Waals surface area contributed by atoms with Crippen molar-refractivity contribution in [1.29, 1.82) is 0 Å². The number of halogens is 1. The van der Waals surface area contributed by atoms with Crippen molar-refractivity contribution in [2.24, 2.45) is 4.99 Å². The average Bonchev–Trinajstić information content (AvgIpc) is 3.19. The monoisotopic (exact) mass is 435 g/mol. The topological polar surface area (TPSA) is 59.0 Å². The van der Waals surface area contributed by atoms with E-state index in [9.17, 15) is 0 Å². The SMILES string of the molecule is CN=C(NCc1csc(N(C)C)n1)NCc1c(Cl)cccc1N1CCN(C)CC1. The van der Waals surface area contributed by atoms with Gasteiger partial charge in [0.15, 0.2) is 11.1 Å². The lowest BCUT2D eigenvalue weighted by atomic mass is 10.1. The van der Waals surface area contributed by atoms with Gasteiger partial charge in [-0.3, -0.25) is 4.99 Å². The molecule has 0 amide bonds. The second-order valence-electron chi connectivity index (χ2n) is 7.32. The van der Waals surface area contributed by atoms with E-state index < -0.39 is 0 Å². The smallest absolute Gasteiger partial charge is 0.191 e. The average molecular weight is 436 g/mol. The first-order valence-electron chi connectivity index (χ1n) is 9.75. The lowest BCUT2D eigenvalue weighted by molar-refractivity contribution is 0.312. The molecule has 2 heterocycles. The predicted molar refractivity (Wildman–Crippen MR) is 125 cm³/mol. The number of nitrogens with zero attached hydrogens (tertiary/aromatic N) is 5. The summed E-state index contributed by atoms with van der Waals surface area (Å²) in [5.74, 6) is 0.730. The van der Waals surface area contributed by atoms with E-state index in [0.29, 0.717) is 13.1 Å². The van der Waals surface area contributed by atoms with Crippen LogP contribution in [-0.4, -0.2) is 70.2 Å². The lowest BCUT2D eigenvalue weighted by Crippen LogP contribution is -2.45. The molecule has 1 aromatic heterocycles. The van der Waals surface area contributed by atoms with Crippen LogP contribution in [0, 0.1) is 0 Å². The maximum absolute atomic E-state index is 6.56. The van der Waals surface area contributed by atoms with Gasteiger partial charge in [-0.05, 0) is 19.2 Å². The highest BCUT2D eigenvalue weighted by Gasteiger charge is 2.18. The number of rotatable bonds is 6. The zero-order chi connectivity index (χ0) is 20.8. The molecule has 3 rings (SSSR count). The van der Waals surface area contributed by atoms with Crippen molar-refractivity contribution in [3.63, 3.8) is 0 Å². The van der Waals surface area contributed by atoms with E-state index in [4.69, 9.17) is 11.6 Å². The fourth-order valence-corrected chi connectivity index (χ4v) is 4.21. The van der Waals surface area contributed by atoms with Crippen LogP contribution in [0.2, 0.25) is 5.02 Å². The summed E-state index contributed by atoms with van der Waals surface area (Å²) in [4.78, 5) is 15.7. The van der Waals surface area contributed by atoms with Gasteiger partial charge < -0.3 is 25.3 Å². The van der Waals surface area contributed by atoms with E-state index in [2.05, 4.69) is 48.9 Å². The van der Waals surface area contributed by atoms with Crippen molar-refractivity contribution in [2.75, 3.05) is 64.2 Å². The van der Waals surface area contributed by atoms with Crippen LogP contribution in [0.1, 0.15) is 11.3 Å². The molecule has 0 saturated carbocycles. The third-order valence-corrected chi connectivity index (χ3v) is 6.36. The van der Waals surface area contributed by atoms with E-state index in [1.165, 1.54) is 5.69 Å². The number of hydrogen-bond acceptors (Lipinski definition) is 6. The van der Waals surface area contributed by atoms with Gasteiger partial charge in [-0.15, -0.1) is 11.3 Å². The molecule has 0 aliphatic carbocycles. The van der Waals surface area contributed by atoms with Gasteiger partial charge in [0.05, 0.1) is 12.2 Å². The van der Waals surface area contributed by atoms with Crippen molar-refractivity contribution >= 4 is 39.7 Å². The number of aromatic nitrogens is 1. The summed E-state index contributed by atoms with van der Waals surface area (Å²) >= 11 is 8.19. The molecule has 1 fully saturated rings. The molecule has 1 aliphatic heterocycles. The number of nitrogens with one attached hydrogen (secondary N) is 2. The molecule has 9 heteroatoms. The first-order valence-corrected chi connectivity index (χ1v) is 11.0. The van der Waals surface area contributed by atoms with E-state index in [0.717, 1.165) is 53.6 Å². The van der Waals surface area contributed by atoms with Crippen LogP contribution in [-0.2, 0) is 13.1 Å². The van der Waals surface area contributed by atoms with Gasteiger partial charge in [-0.1, -0.05) is 17.7 Å². The van der Waals surface area contributed by atoms with Gasteiger partial charge in [0.1, 0.15) is 0 Å². The zero-order valence-corrected chi connectivity index (χ0v) is 19.1. The fourth-order valence-electron chi connectivity index (χ4n) is 3.22. The Morgan fingerprint density at radius 3 is 2.59 bits per heavy atom. The Morgan fingerprint density at radius 1 is 1.21 bits per heavy atom. The number of hydrogen-bond donors (Lipinski definition) is 2. The first-order chi connectivity index (χ1) is 14.0. The molecule has 0 spiro atoms. The molecule has 1 saturated heterocycles. The largest absolute Gasteiger partial charge is 0.369 e. The van der Waals surface area contributed by atoms with Crippen LogP contribution in [0.5, 0.6) is 0 Å². The van der Waals surface area contributed by atoms with Crippen LogP contribution in [0.3, 0.4) is 0 Å². The molecule has 29 heavy (non-hydrogen) atoms. The van der Waals surface area contributed by atoms with E-state index >= 15 is 0 Å². The number of piperazine rings is 1. The van der Waals surface area contributed by atoms with Crippen molar-refractivity contribution < 1.29 is 0 Å². The minimum Gasteiger partial charge on any atom is -0.369 e. The molecule has 7 nitrogen and oxygen atoms in total. The predicted octanol–water partition coefficient (Wildman–Crippen LogP) is 2.48. The number of aliphatic imine (C=N–C) groups is 1. The van der Waals surface area contributed by atoms with Crippen LogP contribution in [0.25, 0.3) is 0 Å². The number of thiazole rings is 1. The van der Waals surface area contributed by atoms with Crippen molar-refractivity contribution in [3.05, 3.63) is 39.9 Å². The summed E-state index contributed by atoms with van der Waals surface area (Å²) < 4.78 is 0. The zero-order valence-electron chi connectivity index (χ0n) is 17.6. The summed E-state index contributed by atoms with van der Waals surface area (Å²) in [5, 5.41) is 10.6. The second kappa shape index (κ2) is 10.1. The number of guanidine groups is 1. The Hall–Kier alpha value is -2.03. The summed E-state index contributed by atoms with van der Waals surface area (Å²) in [6.07, 6.45) is 0. The molecule has 1 aliphatic rings. The Bertz CT molecular complexity index is 828. The highest BCUT2D eigenvalue weighted by atomic mass is 35.5. The molecule has 2 N–H and O–H groups in total. The van der Waals surface area contributed by atoms with Gasteiger partial charge in [0.2, 0.25) is 0 Å². The molecule has 0 unspecified atom stereocenters. The first kappa shape index (κ1) is 21.7. The van der Waals surface area contributed by atoms with Crippen molar-refractivity contribution in [1.82, 2.24) is 20.5 Å². The Balaban J connectivity index is 1.61. The van der Waals surface area contributed by atoms with Crippen LogP contribution in [0.4, 0.5) is 10.8 Å².